The standard InChI is InChI=1S/C15H13ClN4O/c1-21-13-8-12(17)11(16)7-10(13)15-18-14(19-20-15)9-5-3-2-4-6-9/h2-8H,17H2,1H3,(H,18,19,20). The van der Waals surface area contributed by atoms with Crippen LogP contribution in [0, 0.1) is 0 Å². The fraction of sp³-hybridized carbons (Fsp3) is 0.0667. The third-order valence-corrected chi connectivity index (χ3v) is 3.42. The summed E-state index contributed by atoms with van der Waals surface area (Å²) in [5, 5.41) is 7.57. The molecule has 21 heavy (non-hydrogen) atoms. The maximum absolute atomic E-state index is 6.07. The molecule has 6 heteroatoms. The minimum absolute atomic E-state index is 0.448. The van der Waals surface area contributed by atoms with E-state index in [9.17, 15) is 0 Å². The van der Waals surface area contributed by atoms with E-state index in [0.717, 1.165) is 5.56 Å². The third-order valence-electron chi connectivity index (χ3n) is 3.09. The number of H-pyrrole nitrogens is 1. The average Bonchev–Trinajstić information content (AvgIpc) is 3.00. The lowest BCUT2D eigenvalue weighted by atomic mass is 10.1. The molecule has 1 heterocycles. The largest absolute Gasteiger partial charge is 0.496 e. The normalized spacial score (nSPS) is 10.6. The van der Waals surface area contributed by atoms with Crippen LogP contribution >= 0.6 is 11.6 Å². The van der Waals surface area contributed by atoms with Crippen LogP contribution in [0.3, 0.4) is 0 Å². The van der Waals surface area contributed by atoms with Crippen molar-refractivity contribution in [2.45, 2.75) is 0 Å². The monoisotopic (exact) mass is 300 g/mol. The van der Waals surface area contributed by atoms with Crippen molar-refractivity contribution in [2.24, 2.45) is 0 Å². The lowest BCUT2D eigenvalue weighted by Gasteiger charge is -2.08. The molecule has 0 fully saturated rings. The van der Waals surface area contributed by atoms with Crippen LogP contribution in [0.2, 0.25) is 5.02 Å². The maximum Gasteiger partial charge on any atom is 0.181 e. The number of aromatic amines is 1. The first kappa shape index (κ1) is 13.5. The van der Waals surface area contributed by atoms with E-state index in [1.807, 2.05) is 30.3 Å². The molecule has 3 N–H and O–H groups in total. The fourth-order valence-electron chi connectivity index (χ4n) is 2.02. The number of hydrogen-bond acceptors (Lipinski definition) is 4. The Morgan fingerprint density at radius 3 is 2.67 bits per heavy atom. The Kier molecular flexibility index (Phi) is 3.50. The predicted molar refractivity (Wildman–Crippen MR) is 83.2 cm³/mol. The van der Waals surface area contributed by atoms with Crippen molar-refractivity contribution < 1.29 is 4.74 Å². The average molecular weight is 301 g/mol. The summed E-state index contributed by atoms with van der Waals surface area (Å²) in [5.41, 5.74) is 7.88. The highest BCUT2D eigenvalue weighted by molar-refractivity contribution is 6.33. The quantitative estimate of drug-likeness (QED) is 0.727. The van der Waals surface area contributed by atoms with Gasteiger partial charge in [-0.2, -0.15) is 5.10 Å². The summed E-state index contributed by atoms with van der Waals surface area (Å²) in [6, 6.07) is 13.1. The van der Waals surface area contributed by atoms with Crippen molar-refractivity contribution in [3.63, 3.8) is 0 Å². The molecule has 3 rings (SSSR count). The van der Waals surface area contributed by atoms with Gasteiger partial charge in [-0.3, -0.25) is 5.10 Å². The van der Waals surface area contributed by atoms with Crippen molar-refractivity contribution in [3.8, 4) is 28.5 Å². The van der Waals surface area contributed by atoms with Crippen molar-refractivity contribution in [1.82, 2.24) is 15.2 Å². The zero-order valence-corrected chi connectivity index (χ0v) is 12.1. The SMILES string of the molecule is COc1cc(N)c(Cl)cc1-c1nc(-c2ccccc2)n[nH]1. The molecule has 0 radical (unpaired) electrons. The number of ether oxygens (including phenoxy) is 1. The van der Waals surface area contributed by atoms with Crippen molar-refractivity contribution >= 4 is 17.3 Å². The van der Waals surface area contributed by atoms with Gasteiger partial charge in [0.15, 0.2) is 11.6 Å². The van der Waals surface area contributed by atoms with E-state index < -0.39 is 0 Å². The number of aromatic nitrogens is 3. The van der Waals surface area contributed by atoms with E-state index in [0.29, 0.717) is 33.7 Å². The first-order chi connectivity index (χ1) is 10.2. The summed E-state index contributed by atoms with van der Waals surface area (Å²) in [6.45, 7) is 0. The van der Waals surface area contributed by atoms with Crippen LogP contribution in [0.15, 0.2) is 42.5 Å². The first-order valence-electron chi connectivity index (χ1n) is 6.30. The van der Waals surface area contributed by atoms with Gasteiger partial charge >= 0.3 is 0 Å². The van der Waals surface area contributed by atoms with Crippen molar-refractivity contribution in [1.29, 1.82) is 0 Å². The number of rotatable bonds is 3. The molecule has 0 amide bonds. The van der Waals surface area contributed by atoms with Crippen molar-refractivity contribution in [3.05, 3.63) is 47.5 Å². The molecule has 106 valence electrons. The Balaban J connectivity index is 2.06. The van der Waals surface area contributed by atoms with E-state index in [4.69, 9.17) is 22.1 Å². The second-order valence-electron chi connectivity index (χ2n) is 4.45. The van der Waals surface area contributed by atoms with Crippen molar-refractivity contribution in [2.75, 3.05) is 12.8 Å². The van der Waals surface area contributed by atoms with Gasteiger partial charge in [-0.1, -0.05) is 41.9 Å². The summed E-state index contributed by atoms with van der Waals surface area (Å²) in [7, 11) is 1.57. The minimum atomic E-state index is 0.448. The molecular formula is C15H13ClN4O. The Labute approximate surface area is 126 Å². The zero-order chi connectivity index (χ0) is 14.8. The van der Waals surface area contributed by atoms with Gasteiger partial charge in [0.05, 0.1) is 23.4 Å². The van der Waals surface area contributed by atoms with Crippen LogP contribution in [0.4, 0.5) is 5.69 Å². The lowest BCUT2D eigenvalue weighted by Crippen LogP contribution is -1.94. The molecule has 0 aliphatic carbocycles. The number of nitrogens with one attached hydrogen (secondary N) is 1. The number of anilines is 1. The molecule has 5 nitrogen and oxygen atoms in total. The van der Waals surface area contributed by atoms with Gasteiger partial charge in [-0.15, -0.1) is 0 Å². The van der Waals surface area contributed by atoms with Crippen LogP contribution in [-0.2, 0) is 0 Å². The van der Waals surface area contributed by atoms with Crippen LogP contribution in [-0.4, -0.2) is 22.3 Å². The first-order valence-corrected chi connectivity index (χ1v) is 6.68. The third kappa shape index (κ3) is 2.55. The maximum atomic E-state index is 6.07. The number of nitrogens with zero attached hydrogens (tertiary/aromatic N) is 2. The van der Waals surface area contributed by atoms with Gasteiger partial charge < -0.3 is 10.5 Å². The molecule has 0 atom stereocenters. The second kappa shape index (κ2) is 5.46. The topological polar surface area (TPSA) is 76.8 Å². The predicted octanol–water partition coefficient (Wildman–Crippen LogP) is 3.38. The van der Waals surface area contributed by atoms with Crippen LogP contribution in [0.25, 0.3) is 22.8 Å². The van der Waals surface area contributed by atoms with E-state index >= 15 is 0 Å². The molecule has 1 aromatic heterocycles. The molecule has 0 saturated heterocycles. The Hall–Kier alpha value is -2.53. The summed E-state index contributed by atoms with van der Waals surface area (Å²) in [6.07, 6.45) is 0. The Morgan fingerprint density at radius 1 is 1.19 bits per heavy atom. The summed E-state index contributed by atoms with van der Waals surface area (Å²) in [4.78, 5) is 4.48. The highest BCUT2D eigenvalue weighted by atomic mass is 35.5. The zero-order valence-electron chi connectivity index (χ0n) is 11.3. The van der Waals surface area contributed by atoms with Gasteiger partial charge in [0.25, 0.3) is 0 Å². The minimum Gasteiger partial charge on any atom is -0.496 e. The summed E-state index contributed by atoms with van der Waals surface area (Å²) in [5.74, 6) is 1.78. The highest BCUT2D eigenvalue weighted by Crippen LogP contribution is 2.34. The molecule has 3 aromatic rings. The molecule has 0 saturated carbocycles. The highest BCUT2D eigenvalue weighted by Gasteiger charge is 2.14. The van der Waals surface area contributed by atoms with E-state index in [1.54, 1.807) is 19.2 Å². The number of methoxy groups -OCH3 is 1. The number of halogens is 1. The second-order valence-corrected chi connectivity index (χ2v) is 4.85. The molecule has 0 aliphatic heterocycles. The smallest absolute Gasteiger partial charge is 0.181 e. The molecule has 0 bridgehead atoms. The molecular weight excluding hydrogens is 288 g/mol. The van der Waals surface area contributed by atoms with E-state index in [1.165, 1.54) is 0 Å². The Bertz CT molecular complexity index is 771. The number of nitrogen functional groups attached to an aromatic ring is 1. The molecule has 0 aliphatic rings. The lowest BCUT2D eigenvalue weighted by molar-refractivity contribution is 0.416. The van der Waals surface area contributed by atoms with E-state index in [-0.39, 0.29) is 0 Å². The van der Waals surface area contributed by atoms with Crippen LogP contribution in [0.5, 0.6) is 5.75 Å². The van der Waals surface area contributed by atoms with Crippen LogP contribution in [0.1, 0.15) is 0 Å². The van der Waals surface area contributed by atoms with E-state index in [2.05, 4.69) is 15.2 Å². The fourth-order valence-corrected chi connectivity index (χ4v) is 2.19. The molecule has 0 unspecified atom stereocenters. The number of hydrogen-bond donors (Lipinski definition) is 2. The summed E-state index contributed by atoms with van der Waals surface area (Å²) < 4.78 is 5.32. The van der Waals surface area contributed by atoms with Gasteiger partial charge in [0, 0.05) is 11.6 Å². The summed E-state index contributed by atoms with van der Waals surface area (Å²) >= 11 is 6.07. The number of nitrogens with two attached hydrogens (primary N) is 1. The Morgan fingerprint density at radius 2 is 1.95 bits per heavy atom. The van der Waals surface area contributed by atoms with Gasteiger partial charge in [-0.25, -0.2) is 4.98 Å². The van der Waals surface area contributed by atoms with Gasteiger partial charge in [-0.05, 0) is 6.07 Å². The van der Waals surface area contributed by atoms with Crippen LogP contribution < -0.4 is 10.5 Å². The molecule has 2 aromatic carbocycles. The van der Waals surface area contributed by atoms with Gasteiger partial charge in [0.1, 0.15) is 5.75 Å². The molecule has 0 spiro atoms. The number of benzene rings is 2. The van der Waals surface area contributed by atoms with Gasteiger partial charge in [0.2, 0.25) is 0 Å².